The van der Waals surface area contributed by atoms with E-state index in [0.717, 1.165) is 53.7 Å². The maximum Gasteiger partial charge on any atom is 0.268 e. The van der Waals surface area contributed by atoms with E-state index in [1.807, 2.05) is 25.1 Å². The molecule has 0 fully saturated rings. The second kappa shape index (κ2) is 7.59. The standard InChI is InChI=1S/C21H21N3O2S.ClH/c1-15-5-10-21-18(12-15)19-14-23(2)11-3-4-20(19)24(21)27(25,26)17-8-6-16(13-22)7-9-17;/h5-10,12H,3-4,11,14H2,1-2H3;1H. The lowest BCUT2D eigenvalue weighted by molar-refractivity contribution is 0.333. The number of halogens is 1. The molecule has 0 aliphatic carbocycles. The van der Waals surface area contributed by atoms with Crippen LogP contribution in [0.2, 0.25) is 0 Å². The van der Waals surface area contributed by atoms with Gasteiger partial charge in [0.15, 0.2) is 0 Å². The predicted molar refractivity (Wildman–Crippen MR) is 112 cm³/mol. The van der Waals surface area contributed by atoms with Crippen molar-refractivity contribution in [2.45, 2.75) is 31.2 Å². The summed E-state index contributed by atoms with van der Waals surface area (Å²) in [4.78, 5) is 2.45. The Kier molecular flexibility index (Phi) is 5.53. The fraction of sp³-hybridized carbons (Fsp3) is 0.286. The van der Waals surface area contributed by atoms with Gasteiger partial charge in [-0.15, -0.1) is 12.4 Å². The van der Waals surface area contributed by atoms with Gasteiger partial charge >= 0.3 is 0 Å². The van der Waals surface area contributed by atoms with E-state index in [9.17, 15) is 8.42 Å². The highest BCUT2D eigenvalue weighted by Crippen LogP contribution is 2.34. The zero-order valence-corrected chi connectivity index (χ0v) is 17.5. The third-order valence-electron chi connectivity index (χ3n) is 5.19. The molecule has 146 valence electrons. The van der Waals surface area contributed by atoms with Gasteiger partial charge in [-0.05, 0) is 75.3 Å². The van der Waals surface area contributed by atoms with E-state index in [2.05, 4.69) is 18.0 Å². The Morgan fingerprint density at radius 3 is 2.50 bits per heavy atom. The molecule has 0 radical (unpaired) electrons. The average Bonchev–Trinajstić information content (AvgIpc) is 2.82. The Balaban J connectivity index is 0.00000225. The highest BCUT2D eigenvalue weighted by Gasteiger charge is 2.28. The van der Waals surface area contributed by atoms with Gasteiger partial charge in [0, 0.05) is 17.6 Å². The lowest BCUT2D eigenvalue weighted by Crippen LogP contribution is -2.17. The van der Waals surface area contributed by atoms with Crippen LogP contribution in [0.25, 0.3) is 10.9 Å². The second-order valence-electron chi connectivity index (χ2n) is 7.19. The van der Waals surface area contributed by atoms with Gasteiger partial charge in [0.25, 0.3) is 10.0 Å². The molecule has 5 nitrogen and oxygen atoms in total. The molecule has 2 aromatic carbocycles. The minimum absolute atomic E-state index is 0. The molecule has 1 aliphatic heterocycles. The number of aromatic nitrogens is 1. The van der Waals surface area contributed by atoms with Crippen molar-refractivity contribution < 1.29 is 8.42 Å². The van der Waals surface area contributed by atoms with E-state index < -0.39 is 10.0 Å². The molecule has 0 bridgehead atoms. The van der Waals surface area contributed by atoms with Gasteiger partial charge in [-0.2, -0.15) is 5.26 Å². The number of hydrogen-bond acceptors (Lipinski definition) is 4. The van der Waals surface area contributed by atoms with Crippen LogP contribution in [0.1, 0.15) is 28.8 Å². The molecule has 0 atom stereocenters. The number of aryl methyl sites for hydroxylation is 1. The molecule has 0 unspecified atom stereocenters. The summed E-state index contributed by atoms with van der Waals surface area (Å²) in [7, 11) is -1.67. The van der Waals surface area contributed by atoms with Gasteiger partial charge in [-0.3, -0.25) is 0 Å². The maximum atomic E-state index is 13.5. The zero-order valence-electron chi connectivity index (χ0n) is 15.8. The molecule has 2 heterocycles. The zero-order chi connectivity index (χ0) is 19.2. The van der Waals surface area contributed by atoms with Crippen molar-refractivity contribution in [3.05, 3.63) is 64.8 Å². The van der Waals surface area contributed by atoms with Crippen molar-refractivity contribution >= 4 is 33.3 Å². The SMILES string of the molecule is Cc1ccc2c(c1)c1c(n2S(=O)(=O)c2ccc(C#N)cc2)CCCN(C)C1.Cl. The lowest BCUT2D eigenvalue weighted by Gasteiger charge is -2.12. The summed E-state index contributed by atoms with van der Waals surface area (Å²) < 4.78 is 28.6. The molecular formula is C21H22ClN3O2S. The topological polar surface area (TPSA) is 66.1 Å². The summed E-state index contributed by atoms with van der Waals surface area (Å²) in [5, 5.41) is 10.00. The van der Waals surface area contributed by atoms with Crippen molar-refractivity contribution in [1.29, 1.82) is 5.26 Å². The van der Waals surface area contributed by atoms with E-state index in [1.54, 1.807) is 12.1 Å². The van der Waals surface area contributed by atoms with Crippen molar-refractivity contribution in [2.24, 2.45) is 0 Å². The largest absolute Gasteiger partial charge is 0.302 e. The monoisotopic (exact) mass is 415 g/mol. The van der Waals surface area contributed by atoms with Crippen LogP contribution in [0, 0.1) is 18.3 Å². The second-order valence-corrected chi connectivity index (χ2v) is 8.98. The van der Waals surface area contributed by atoms with E-state index in [0.29, 0.717) is 5.56 Å². The van der Waals surface area contributed by atoms with E-state index in [4.69, 9.17) is 5.26 Å². The third-order valence-corrected chi connectivity index (χ3v) is 6.96. The smallest absolute Gasteiger partial charge is 0.268 e. The van der Waals surface area contributed by atoms with Crippen LogP contribution in [0.5, 0.6) is 0 Å². The van der Waals surface area contributed by atoms with Gasteiger partial charge in [0.1, 0.15) is 0 Å². The average molecular weight is 416 g/mol. The quantitative estimate of drug-likeness (QED) is 0.637. The Morgan fingerprint density at radius 1 is 1.11 bits per heavy atom. The maximum absolute atomic E-state index is 13.5. The van der Waals surface area contributed by atoms with Crippen molar-refractivity contribution in [1.82, 2.24) is 8.87 Å². The van der Waals surface area contributed by atoms with Crippen LogP contribution < -0.4 is 0 Å². The molecule has 3 aromatic rings. The molecule has 0 spiro atoms. The molecule has 7 heteroatoms. The van der Waals surface area contributed by atoms with Gasteiger partial charge in [0.2, 0.25) is 0 Å². The van der Waals surface area contributed by atoms with Crippen molar-refractivity contribution in [2.75, 3.05) is 13.6 Å². The lowest BCUT2D eigenvalue weighted by atomic mass is 10.1. The highest BCUT2D eigenvalue weighted by atomic mass is 35.5. The minimum atomic E-state index is -3.75. The first kappa shape index (κ1) is 20.4. The van der Waals surface area contributed by atoms with Gasteiger partial charge in [-0.1, -0.05) is 11.6 Å². The van der Waals surface area contributed by atoms with Gasteiger partial charge in [-0.25, -0.2) is 12.4 Å². The highest BCUT2D eigenvalue weighted by molar-refractivity contribution is 7.90. The molecule has 1 aromatic heterocycles. The van der Waals surface area contributed by atoms with Crippen LogP contribution in [0.4, 0.5) is 0 Å². The Morgan fingerprint density at radius 2 is 1.82 bits per heavy atom. The fourth-order valence-electron chi connectivity index (χ4n) is 3.87. The Bertz CT molecular complexity index is 1180. The molecule has 1 aliphatic rings. The molecule has 0 N–H and O–H groups in total. The summed E-state index contributed by atoms with van der Waals surface area (Å²) in [6.45, 7) is 3.71. The predicted octanol–water partition coefficient (Wildman–Crippen LogP) is 3.86. The molecular weight excluding hydrogens is 394 g/mol. The van der Waals surface area contributed by atoms with E-state index in [1.165, 1.54) is 16.1 Å². The number of nitriles is 1. The van der Waals surface area contributed by atoms with Crippen LogP contribution in [0.3, 0.4) is 0 Å². The summed E-state index contributed by atoms with van der Waals surface area (Å²) >= 11 is 0. The van der Waals surface area contributed by atoms with Gasteiger partial charge < -0.3 is 4.90 Å². The van der Waals surface area contributed by atoms with Crippen LogP contribution in [-0.2, 0) is 23.0 Å². The normalized spacial score (nSPS) is 14.8. The minimum Gasteiger partial charge on any atom is -0.302 e. The van der Waals surface area contributed by atoms with E-state index in [-0.39, 0.29) is 17.3 Å². The number of rotatable bonds is 2. The molecule has 28 heavy (non-hydrogen) atoms. The summed E-state index contributed by atoms with van der Waals surface area (Å²) in [6.07, 6.45) is 1.64. The number of benzene rings is 2. The number of nitrogens with zero attached hydrogens (tertiary/aromatic N) is 3. The molecule has 0 saturated heterocycles. The molecule has 0 amide bonds. The molecule has 0 saturated carbocycles. The molecule has 4 rings (SSSR count). The number of fused-ring (bicyclic) bond motifs is 3. The first-order valence-corrected chi connectivity index (χ1v) is 10.4. The van der Waals surface area contributed by atoms with Crippen LogP contribution in [-0.4, -0.2) is 30.9 Å². The fourth-order valence-corrected chi connectivity index (χ4v) is 5.47. The van der Waals surface area contributed by atoms with Crippen LogP contribution in [0.15, 0.2) is 47.4 Å². The van der Waals surface area contributed by atoms with E-state index >= 15 is 0 Å². The van der Waals surface area contributed by atoms with Gasteiger partial charge in [0.05, 0.1) is 22.0 Å². The first-order valence-electron chi connectivity index (χ1n) is 8.99. The Labute approximate surface area is 171 Å². The van der Waals surface area contributed by atoms with Crippen LogP contribution >= 0.6 is 12.4 Å². The summed E-state index contributed by atoms with van der Waals surface area (Å²) in [5.74, 6) is 0. The first-order chi connectivity index (χ1) is 12.9. The van der Waals surface area contributed by atoms with Crippen molar-refractivity contribution in [3.8, 4) is 6.07 Å². The third kappa shape index (κ3) is 3.30. The van der Waals surface area contributed by atoms with Crippen molar-refractivity contribution in [3.63, 3.8) is 0 Å². The summed E-state index contributed by atoms with van der Waals surface area (Å²) in [6, 6.07) is 14.1. The Hall–Kier alpha value is -2.33. The summed E-state index contributed by atoms with van der Waals surface area (Å²) in [5.41, 5.74) is 4.27. The number of hydrogen-bond donors (Lipinski definition) is 0.